The van der Waals surface area contributed by atoms with Crippen LogP contribution in [0.1, 0.15) is 6.92 Å². The Labute approximate surface area is 224 Å². The van der Waals surface area contributed by atoms with E-state index in [4.69, 9.17) is 9.47 Å². The second-order valence-corrected chi connectivity index (χ2v) is 10.3. The molecule has 1 amide bonds. The molecule has 1 fully saturated rings. The molecule has 0 aliphatic carbocycles. The fraction of sp³-hybridized carbons (Fsp3) is 0.269. The first-order valence-electron chi connectivity index (χ1n) is 11.7. The van der Waals surface area contributed by atoms with Crippen molar-refractivity contribution in [2.24, 2.45) is 0 Å². The third-order valence-electron chi connectivity index (χ3n) is 6.05. The third kappa shape index (κ3) is 5.89. The Morgan fingerprint density at radius 3 is 2.57 bits per heavy atom. The van der Waals surface area contributed by atoms with Gasteiger partial charge in [0.15, 0.2) is 17.4 Å². The number of carbonyl (C=O) groups excluding carboxylic acids is 1. The van der Waals surface area contributed by atoms with Crippen LogP contribution in [0.15, 0.2) is 52.3 Å². The molecule has 37 heavy (non-hydrogen) atoms. The molecule has 0 radical (unpaired) electrons. The minimum Gasteiger partial charge on any atom is -0.491 e. The van der Waals surface area contributed by atoms with Crippen LogP contribution in [-0.2, 0) is 4.79 Å². The molecule has 1 saturated heterocycles. The molecule has 0 bridgehead atoms. The van der Waals surface area contributed by atoms with E-state index < -0.39 is 11.6 Å². The van der Waals surface area contributed by atoms with E-state index in [9.17, 15) is 13.6 Å². The van der Waals surface area contributed by atoms with Gasteiger partial charge in [-0.1, -0.05) is 0 Å². The molecule has 0 atom stereocenters. The lowest BCUT2D eigenvalue weighted by molar-refractivity contribution is -0.130. The molecule has 2 aromatic heterocycles. The van der Waals surface area contributed by atoms with E-state index in [2.05, 4.69) is 30.8 Å². The summed E-state index contributed by atoms with van der Waals surface area (Å²) in [7, 11) is 0. The first-order valence-corrected chi connectivity index (χ1v) is 13.3. The van der Waals surface area contributed by atoms with Gasteiger partial charge in [0.25, 0.3) is 0 Å². The Morgan fingerprint density at radius 1 is 1.05 bits per heavy atom. The van der Waals surface area contributed by atoms with Gasteiger partial charge in [-0.3, -0.25) is 9.69 Å². The van der Waals surface area contributed by atoms with Gasteiger partial charge in [0.05, 0.1) is 9.99 Å². The molecular weight excluding hydrogens is 566 g/mol. The predicted molar refractivity (Wildman–Crippen MR) is 141 cm³/mol. The van der Waals surface area contributed by atoms with Crippen LogP contribution in [0.2, 0.25) is 0 Å². The second-order valence-electron chi connectivity index (χ2n) is 8.51. The first-order chi connectivity index (χ1) is 17.9. The standard InChI is InChI=1S/C26H23BrF2N4O3S/c1-16(34)33-9-7-32(8-10-33)11-12-35-22-4-2-17(14-19(22)27)25-30-21-6-13-37-24(21)26(31-25)36-23-5-3-18(28)15-20(23)29/h2-6,13-15H,7-12H2,1H3. The fourth-order valence-electron chi connectivity index (χ4n) is 4.03. The number of hydrogen-bond donors (Lipinski definition) is 0. The van der Waals surface area contributed by atoms with Crippen molar-refractivity contribution in [1.82, 2.24) is 19.8 Å². The molecule has 1 aliphatic rings. The number of fused-ring (bicyclic) bond motifs is 1. The monoisotopic (exact) mass is 588 g/mol. The summed E-state index contributed by atoms with van der Waals surface area (Å²) in [6, 6.07) is 10.5. The summed E-state index contributed by atoms with van der Waals surface area (Å²) in [4.78, 5) is 24.8. The van der Waals surface area contributed by atoms with Gasteiger partial charge in [0.2, 0.25) is 11.8 Å². The van der Waals surface area contributed by atoms with Crippen LogP contribution < -0.4 is 9.47 Å². The average molecular weight is 589 g/mol. The van der Waals surface area contributed by atoms with Crippen LogP contribution in [0.5, 0.6) is 17.4 Å². The highest BCUT2D eigenvalue weighted by molar-refractivity contribution is 9.10. The second kappa shape index (κ2) is 11.1. The maximum atomic E-state index is 14.2. The molecule has 0 unspecified atom stereocenters. The molecule has 0 saturated carbocycles. The number of aromatic nitrogens is 2. The van der Waals surface area contributed by atoms with Gasteiger partial charge in [-0.25, -0.2) is 13.8 Å². The third-order valence-corrected chi connectivity index (χ3v) is 7.56. The predicted octanol–water partition coefficient (Wildman–Crippen LogP) is 5.73. The van der Waals surface area contributed by atoms with Crippen molar-refractivity contribution in [3.63, 3.8) is 0 Å². The van der Waals surface area contributed by atoms with Crippen LogP contribution in [0.25, 0.3) is 21.6 Å². The zero-order valence-corrected chi connectivity index (χ0v) is 22.3. The van der Waals surface area contributed by atoms with Crippen molar-refractivity contribution in [3.05, 3.63) is 64.0 Å². The van der Waals surface area contributed by atoms with Gasteiger partial charge in [-0.15, -0.1) is 11.3 Å². The SMILES string of the molecule is CC(=O)N1CCN(CCOc2ccc(-c3nc(Oc4ccc(F)cc4F)c4sccc4n3)cc2Br)CC1. The Morgan fingerprint density at radius 2 is 1.84 bits per heavy atom. The number of amides is 1. The van der Waals surface area contributed by atoms with Crippen LogP contribution in [-0.4, -0.2) is 65.0 Å². The molecule has 192 valence electrons. The number of thiophene rings is 1. The summed E-state index contributed by atoms with van der Waals surface area (Å²) in [6.07, 6.45) is 0. The Balaban J connectivity index is 1.29. The highest BCUT2D eigenvalue weighted by Crippen LogP contribution is 2.36. The summed E-state index contributed by atoms with van der Waals surface area (Å²) >= 11 is 4.95. The Hall–Kier alpha value is -3.15. The van der Waals surface area contributed by atoms with E-state index in [1.165, 1.54) is 17.4 Å². The van der Waals surface area contributed by atoms with Crippen molar-refractivity contribution in [2.45, 2.75) is 6.92 Å². The van der Waals surface area contributed by atoms with Gasteiger partial charge < -0.3 is 14.4 Å². The molecule has 7 nitrogen and oxygen atoms in total. The largest absolute Gasteiger partial charge is 0.491 e. The first kappa shape index (κ1) is 25.5. The lowest BCUT2D eigenvalue weighted by Gasteiger charge is -2.34. The Bertz CT molecular complexity index is 1440. The summed E-state index contributed by atoms with van der Waals surface area (Å²) in [5, 5.41) is 1.85. The molecule has 0 N–H and O–H groups in total. The maximum Gasteiger partial charge on any atom is 0.241 e. The van der Waals surface area contributed by atoms with Crippen LogP contribution in [0.4, 0.5) is 8.78 Å². The van der Waals surface area contributed by atoms with Crippen molar-refractivity contribution >= 4 is 43.4 Å². The number of hydrogen-bond acceptors (Lipinski definition) is 7. The van der Waals surface area contributed by atoms with Crippen molar-refractivity contribution < 1.29 is 23.0 Å². The topological polar surface area (TPSA) is 67.8 Å². The zero-order valence-electron chi connectivity index (χ0n) is 19.9. The summed E-state index contributed by atoms with van der Waals surface area (Å²) in [6.45, 7) is 6.01. The lowest BCUT2D eigenvalue weighted by Crippen LogP contribution is -2.48. The van der Waals surface area contributed by atoms with E-state index in [0.29, 0.717) is 28.4 Å². The maximum absolute atomic E-state index is 14.2. The van der Waals surface area contributed by atoms with Gasteiger partial charge in [0, 0.05) is 51.3 Å². The molecule has 5 rings (SSSR count). The molecule has 2 aromatic carbocycles. The number of nitrogens with zero attached hydrogens (tertiary/aromatic N) is 4. The molecule has 0 spiro atoms. The molecule has 4 aromatic rings. The smallest absolute Gasteiger partial charge is 0.241 e. The normalized spacial score (nSPS) is 14.2. The van der Waals surface area contributed by atoms with Gasteiger partial charge >= 0.3 is 0 Å². The van der Waals surface area contributed by atoms with E-state index >= 15 is 0 Å². The summed E-state index contributed by atoms with van der Waals surface area (Å²) in [5.41, 5.74) is 1.38. The number of benzene rings is 2. The highest BCUT2D eigenvalue weighted by Gasteiger charge is 2.19. The zero-order chi connectivity index (χ0) is 25.9. The molecule has 11 heteroatoms. The number of rotatable bonds is 7. The number of ether oxygens (including phenoxy) is 2. The van der Waals surface area contributed by atoms with Crippen molar-refractivity contribution in [2.75, 3.05) is 39.3 Å². The summed E-state index contributed by atoms with van der Waals surface area (Å²) in [5.74, 6) is -0.211. The number of piperazine rings is 1. The van der Waals surface area contributed by atoms with Gasteiger partial charge in [-0.05, 0) is 57.7 Å². The fourth-order valence-corrected chi connectivity index (χ4v) is 5.27. The van der Waals surface area contributed by atoms with E-state index in [-0.39, 0.29) is 17.5 Å². The van der Waals surface area contributed by atoms with E-state index in [0.717, 1.165) is 54.9 Å². The number of halogens is 3. The van der Waals surface area contributed by atoms with E-state index in [1.54, 1.807) is 6.92 Å². The van der Waals surface area contributed by atoms with E-state index in [1.807, 2.05) is 34.5 Å². The Kier molecular flexibility index (Phi) is 7.63. The van der Waals surface area contributed by atoms with Crippen LogP contribution in [0, 0.1) is 11.6 Å². The number of carbonyl (C=O) groups is 1. The highest BCUT2D eigenvalue weighted by atomic mass is 79.9. The van der Waals surface area contributed by atoms with Gasteiger partial charge in [0.1, 0.15) is 22.9 Å². The average Bonchev–Trinajstić information content (AvgIpc) is 3.36. The van der Waals surface area contributed by atoms with Crippen LogP contribution in [0.3, 0.4) is 0 Å². The van der Waals surface area contributed by atoms with Crippen molar-refractivity contribution in [1.29, 1.82) is 0 Å². The van der Waals surface area contributed by atoms with Crippen molar-refractivity contribution in [3.8, 4) is 28.8 Å². The molecule has 1 aliphatic heterocycles. The lowest BCUT2D eigenvalue weighted by atomic mass is 10.2. The van der Waals surface area contributed by atoms with Crippen LogP contribution >= 0.6 is 27.3 Å². The summed E-state index contributed by atoms with van der Waals surface area (Å²) < 4.78 is 40.6. The molecule has 3 heterocycles. The quantitative estimate of drug-likeness (QED) is 0.274. The molecular formula is C26H23BrF2N4O3S. The minimum atomic E-state index is -0.810. The minimum absolute atomic E-state index is 0.114. The van der Waals surface area contributed by atoms with Gasteiger partial charge in [-0.2, -0.15) is 4.98 Å².